The van der Waals surface area contributed by atoms with Crippen LogP contribution in [0.15, 0.2) is 47.6 Å². The Bertz CT molecular complexity index is 1000. The van der Waals surface area contributed by atoms with E-state index in [4.69, 9.17) is 28.5 Å². The average molecular weight is 493 g/mol. The number of guanidine groups is 1. The molecule has 1 atom stereocenters. The van der Waals surface area contributed by atoms with Crippen molar-refractivity contribution in [2.75, 3.05) is 5.32 Å². The molecule has 0 spiro atoms. The first-order valence-electron chi connectivity index (χ1n) is 8.53. The fourth-order valence-corrected chi connectivity index (χ4v) is 2.36. The van der Waals surface area contributed by atoms with Gasteiger partial charge in [0.05, 0.1) is 11.9 Å². The van der Waals surface area contributed by atoms with E-state index in [1.165, 1.54) is 13.0 Å². The molecule has 0 fully saturated rings. The number of pyridine rings is 1. The number of carbonyl (C=O) groups excluding carboxylic acids is 1. The summed E-state index contributed by atoms with van der Waals surface area (Å²) in [7, 11) is 0. The first-order chi connectivity index (χ1) is 14.9. The van der Waals surface area contributed by atoms with Crippen molar-refractivity contribution in [3.05, 3.63) is 54.1 Å². The largest absolute Gasteiger partial charge is 0.573 e. The third-order valence-corrected chi connectivity index (χ3v) is 3.93. The molecule has 0 aliphatic carbocycles. The lowest BCUT2D eigenvalue weighted by atomic mass is 10.2. The highest BCUT2D eigenvalue weighted by molar-refractivity contribution is 6.48. The number of amides is 1. The monoisotopic (exact) mass is 492 g/mol. The summed E-state index contributed by atoms with van der Waals surface area (Å²) in [5.74, 6) is -2.22. The molecule has 0 radical (unpaired) electrons. The van der Waals surface area contributed by atoms with Gasteiger partial charge in [0.15, 0.2) is 16.7 Å². The van der Waals surface area contributed by atoms with Crippen molar-refractivity contribution < 1.29 is 27.1 Å². The number of alkyl halides is 5. The van der Waals surface area contributed by atoms with Gasteiger partial charge < -0.3 is 15.4 Å². The molecule has 8 nitrogen and oxygen atoms in total. The van der Waals surface area contributed by atoms with Gasteiger partial charge in [0.2, 0.25) is 11.9 Å². The van der Waals surface area contributed by atoms with Gasteiger partial charge in [-0.05, 0) is 43.3 Å². The molecule has 0 saturated carbocycles. The van der Waals surface area contributed by atoms with E-state index in [1.54, 1.807) is 6.19 Å². The SMILES string of the molecule is CC(Cl)(Cl)C(/N=C(\NC#N)Nc1ccc(F)nc1)NC(=O)c1ccc(OC(F)(F)F)cc1. The normalized spacial score (nSPS) is 13.0. The second kappa shape index (κ2) is 10.3. The minimum Gasteiger partial charge on any atom is -0.406 e. The molecule has 1 aromatic carbocycles. The number of nitriles is 1. The van der Waals surface area contributed by atoms with Crippen LogP contribution in [-0.2, 0) is 0 Å². The van der Waals surface area contributed by atoms with Crippen LogP contribution in [0.2, 0.25) is 0 Å². The van der Waals surface area contributed by atoms with Crippen LogP contribution in [0.1, 0.15) is 17.3 Å². The molecule has 2 rings (SSSR count). The zero-order valence-electron chi connectivity index (χ0n) is 16.0. The van der Waals surface area contributed by atoms with E-state index in [2.05, 4.69) is 30.7 Å². The van der Waals surface area contributed by atoms with Crippen molar-refractivity contribution in [1.82, 2.24) is 15.6 Å². The number of aliphatic imine (C=N–C) groups is 1. The summed E-state index contributed by atoms with van der Waals surface area (Å²) in [5.41, 5.74) is 0.215. The summed E-state index contributed by atoms with van der Waals surface area (Å²) in [5, 5.41) is 16.2. The maximum absolute atomic E-state index is 13.0. The molecular weight excluding hydrogens is 479 g/mol. The van der Waals surface area contributed by atoms with E-state index in [-0.39, 0.29) is 17.2 Å². The number of benzene rings is 1. The number of nitrogens with zero attached hydrogens (tertiary/aromatic N) is 3. The van der Waals surface area contributed by atoms with Crippen LogP contribution in [0.5, 0.6) is 5.75 Å². The van der Waals surface area contributed by atoms with Gasteiger partial charge >= 0.3 is 6.36 Å². The summed E-state index contributed by atoms with van der Waals surface area (Å²) in [6.07, 6.45) is -3.46. The number of rotatable bonds is 6. The van der Waals surface area contributed by atoms with E-state index in [1.807, 2.05) is 0 Å². The summed E-state index contributed by atoms with van der Waals surface area (Å²) in [4.78, 5) is 20.0. The van der Waals surface area contributed by atoms with Gasteiger partial charge in [0, 0.05) is 5.56 Å². The van der Waals surface area contributed by atoms with Crippen molar-refractivity contribution >= 4 is 40.8 Å². The Hall–Kier alpha value is -3.30. The van der Waals surface area contributed by atoms with E-state index in [9.17, 15) is 22.4 Å². The van der Waals surface area contributed by atoms with Gasteiger partial charge in [0.25, 0.3) is 5.91 Å². The zero-order valence-corrected chi connectivity index (χ0v) is 17.6. The van der Waals surface area contributed by atoms with Gasteiger partial charge in [-0.15, -0.1) is 13.2 Å². The minimum absolute atomic E-state index is 0.0391. The van der Waals surface area contributed by atoms with Crippen molar-refractivity contribution in [2.45, 2.75) is 23.8 Å². The number of nitrogens with one attached hydrogen (secondary N) is 3. The summed E-state index contributed by atoms with van der Waals surface area (Å²) < 4.78 is 51.8. The Kier molecular flexibility index (Phi) is 8.07. The van der Waals surface area contributed by atoms with E-state index in [0.717, 1.165) is 36.5 Å². The fraction of sp³-hybridized carbons (Fsp3) is 0.222. The number of carbonyl (C=O) groups is 1. The van der Waals surface area contributed by atoms with Gasteiger partial charge in [-0.25, -0.2) is 9.98 Å². The number of halogens is 6. The Labute approximate surface area is 189 Å². The summed E-state index contributed by atoms with van der Waals surface area (Å²) >= 11 is 12.2. The van der Waals surface area contributed by atoms with Crippen LogP contribution in [0, 0.1) is 17.4 Å². The highest BCUT2D eigenvalue weighted by Crippen LogP contribution is 2.26. The number of hydrogen-bond donors (Lipinski definition) is 3. The number of anilines is 1. The highest BCUT2D eigenvalue weighted by Gasteiger charge is 2.33. The molecule has 32 heavy (non-hydrogen) atoms. The van der Waals surface area contributed by atoms with Crippen LogP contribution >= 0.6 is 23.2 Å². The molecule has 1 aromatic heterocycles. The lowest BCUT2D eigenvalue weighted by molar-refractivity contribution is -0.274. The summed E-state index contributed by atoms with van der Waals surface area (Å²) in [6, 6.07) is 6.46. The van der Waals surface area contributed by atoms with Crippen LogP contribution < -0.4 is 20.7 Å². The lowest BCUT2D eigenvalue weighted by Crippen LogP contribution is -2.45. The minimum atomic E-state index is -4.88. The van der Waals surface area contributed by atoms with Gasteiger partial charge in [-0.3, -0.25) is 10.1 Å². The van der Waals surface area contributed by atoms with Gasteiger partial charge in [-0.1, -0.05) is 23.2 Å². The third kappa shape index (κ3) is 8.09. The molecule has 1 unspecified atom stereocenters. The molecule has 0 aliphatic heterocycles. The highest BCUT2D eigenvalue weighted by atomic mass is 35.5. The number of ether oxygens (including phenoxy) is 1. The molecule has 1 amide bonds. The van der Waals surface area contributed by atoms with Crippen LogP contribution in [-0.4, -0.2) is 33.7 Å². The maximum atomic E-state index is 13.0. The van der Waals surface area contributed by atoms with E-state index in [0.29, 0.717) is 0 Å². The Morgan fingerprint density at radius 2 is 1.88 bits per heavy atom. The molecule has 14 heteroatoms. The number of aromatic nitrogens is 1. The van der Waals surface area contributed by atoms with Crippen LogP contribution in [0.25, 0.3) is 0 Å². The van der Waals surface area contributed by atoms with Crippen molar-refractivity contribution in [3.8, 4) is 11.9 Å². The molecule has 0 aliphatic rings. The van der Waals surface area contributed by atoms with Crippen molar-refractivity contribution in [2.24, 2.45) is 4.99 Å². The number of hydrogen-bond acceptors (Lipinski definition) is 5. The second-order valence-corrected chi connectivity index (χ2v) is 7.88. The molecule has 0 saturated heterocycles. The third-order valence-electron chi connectivity index (χ3n) is 3.52. The Morgan fingerprint density at radius 1 is 1.22 bits per heavy atom. The van der Waals surface area contributed by atoms with Crippen molar-refractivity contribution in [1.29, 1.82) is 5.26 Å². The smallest absolute Gasteiger partial charge is 0.406 e. The predicted molar refractivity (Wildman–Crippen MR) is 108 cm³/mol. The first kappa shape index (κ1) is 25.0. The average Bonchev–Trinajstić information content (AvgIpc) is 2.68. The Balaban J connectivity index is 2.21. The van der Waals surface area contributed by atoms with Crippen LogP contribution in [0.3, 0.4) is 0 Å². The molecule has 0 bridgehead atoms. The van der Waals surface area contributed by atoms with Gasteiger partial charge in [-0.2, -0.15) is 9.65 Å². The second-order valence-electron chi connectivity index (χ2n) is 6.11. The van der Waals surface area contributed by atoms with Crippen molar-refractivity contribution in [3.63, 3.8) is 0 Å². The first-order valence-corrected chi connectivity index (χ1v) is 9.29. The van der Waals surface area contributed by atoms with E-state index >= 15 is 0 Å². The maximum Gasteiger partial charge on any atom is 0.573 e. The predicted octanol–water partition coefficient (Wildman–Crippen LogP) is 3.91. The molecular formula is C18H14Cl2F4N6O2. The molecule has 2 aromatic rings. The summed E-state index contributed by atoms with van der Waals surface area (Å²) in [6.45, 7) is 1.31. The Morgan fingerprint density at radius 3 is 2.38 bits per heavy atom. The molecule has 3 N–H and O–H groups in total. The van der Waals surface area contributed by atoms with Crippen LogP contribution in [0.4, 0.5) is 23.2 Å². The van der Waals surface area contributed by atoms with Gasteiger partial charge in [0.1, 0.15) is 5.75 Å². The fourth-order valence-electron chi connectivity index (χ4n) is 2.15. The molecule has 170 valence electrons. The standard InChI is InChI=1S/C18H14Cl2F4N6O2/c1-17(19,20)15(30-16(27-9-25)28-11-4-7-13(21)26-8-11)29-14(31)10-2-5-12(6-3-10)32-18(22,23)24/h2-8,15H,1H3,(H,29,31)(H2,27,28,30). The quantitative estimate of drug-likeness (QED) is 0.107. The topological polar surface area (TPSA) is 111 Å². The zero-order chi connectivity index (χ0) is 23.9. The lowest BCUT2D eigenvalue weighted by Gasteiger charge is -2.25. The van der Waals surface area contributed by atoms with E-state index < -0.39 is 34.5 Å². The molecule has 1 heterocycles.